The zero-order valence-electron chi connectivity index (χ0n) is 43.7. The summed E-state index contributed by atoms with van der Waals surface area (Å²) in [6.07, 6.45) is 1.48. The molecule has 0 aliphatic carbocycles. The Bertz CT molecular complexity index is 1800. The molecule has 67 heavy (non-hydrogen) atoms. The Morgan fingerprint density at radius 3 is 1.34 bits per heavy atom. The van der Waals surface area contributed by atoms with Gasteiger partial charge in [0.1, 0.15) is 36.3 Å². The Morgan fingerprint density at radius 2 is 0.940 bits per heavy atom. The number of unbranched alkanes of at least 4 members (excludes halogenated alkanes) is 1. The minimum Gasteiger partial charge on any atom is -0.370 e. The van der Waals surface area contributed by atoms with Crippen molar-refractivity contribution in [2.45, 2.75) is 145 Å². The molecule has 8 N–H and O–H groups in total. The number of aliphatic imine (C=N–C) groups is 1. The van der Waals surface area contributed by atoms with Gasteiger partial charge >= 0.3 is 0 Å². The lowest BCUT2D eigenvalue weighted by molar-refractivity contribution is -0.153. The Labute approximate surface area is 401 Å². The van der Waals surface area contributed by atoms with Gasteiger partial charge in [-0.1, -0.05) is 113 Å². The molecule has 0 aromatic heterocycles. The minimum atomic E-state index is -1.10. The van der Waals surface area contributed by atoms with Crippen LogP contribution in [0, 0.1) is 35.5 Å². The number of hydrogen-bond donors (Lipinski definition) is 6. The first-order valence-corrected chi connectivity index (χ1v) is 23.9. The van der Waals surface area contributed by atoms with Crippen LogP contribution in [0.1, 0.15) is 101 Å². The first-order chi connectivity index (χ1) is 31.1. The number of benzene rings is 1. The molecule has 0 radical (unpaired) electrons. The number of guanidine groups is 1. The molecular weight excluding hydrogens is 855 g/mol. The van der Waals surface area contributed by atoms with Crippen molar-refractivity contribution >= 4 is 47.3 Å². The maximum absolute atomic E-state index is 14.6. The van der Waals surface area contributed by atoms with Gasteiger partial charge < -0.3 is 52.3 Å². The van der Waals surface area contributed by atoms with E-state index in [0.717, 1.165) is 5.56 Å². The average molecular weight is 942 g/mol. The van der Waals surface area contributed by atoms with Crippen LogP contribution in [0.4, 0.5) is 0 Å². The van der Waals surface area contributed by atoms with Crippen LogP contribution in [-0.2, 0) is 40.0 Å². The third kappa shape index (κ3) is 17.4. The summed E-state index contributed by atoms with van der Waals surface area (Å²) in [5, 5.41) is 11.8. The Morgan fingerprint density at radius 1 is 0.522 bits per heavy atom. The molecule has 380 valence electrons. The molecule has 0 heterocycles. The van der Waals surface area contributed by atoms with Crippen LogP contribution < -0.4 is 32.7 Å². The molecule has 7 amide bonds. The highest BCUT2D eigenvalue weighted by molar-refractivity contribution is 5.97. The smallest absolute Gasteiger partial charge is 0.246 e. The molecule has 0 saturated heterocycles. The van der Waals surface area contributed by atoms with E-state index in [9.17, 15) is 33.6 Å². The fourth-order valence-corrected chi connectivity index (χ4v) is 8.44. The lowest BCUT2D eigenvalue weighted by Gasteiger charge is -2.40. The second-order valence-electron chi connectivity index (χ2n) is 19.8. The zero-order valence-corrected chi connectivity index (χ0v) is 43.7. The highest BCUT2D eigenvalue weighted by Crippen LogP contribution is 2.22. The van der Waals surface area contributed by atoms with Crippen LogP contribution in [0.15, 0.2) is 35.3 Å². The van der Waals surface area contributed by atoms with E-state index < -0.39 is 89.6 Å². The van der Waals surface area contributed by atoms with Crippen molar-refractivity contribution in [3.05, 3.63) is 35.9 Å². The van der Waals surface area contributed by atoms with Gasteiger partial charge in [-0.25, -0.2) is 0 Å². The molecule has 0 aliphatic rings. The monoisotopic (exact) mass is 942 g/mol. The molecule has 0 bridgehead atoms. The lowest BCUT2D eigenvalue weighted by atomic mass is 9.94. The van der Waals surface area contributed by atoms with E-state index in [-0.39, 0.29) is 41.9 Å². The molecule has 0 saturated carbocycles. The maximum Gasteiger partial charge on any atom is 0.246 e. The van der Waals surface area contributed by atoms with Crippen molar-refractivity contribution in [2.24, 2.45) is 52.0 Å². The summed E-state index contributed by atoms with van der Waals surface area (Å²) in [6.45, 7) is 22.6. The predicted molar refractivity (Wildman–Crippen MR) is 265 cm³/mol. The number of rotatable bonds is 27. The van der Waals surface area contributed by atoms with E-state index in [1.165, 1.54) is 40.7 Å². The van der Waals surface area contributed by atoms with Crippen molar-refractivity contribution in [1.29, 1.82) is 0 Å². The number of nitrogens with zero attached hydrogens (tertiary/aromatic N) is 5. The number of nitrogens with two attached hydrogens (primary N) is 2. The summed E-state index contributed by atoms with van der Waals surface area (Å²) in [5.74, 6) is -5.13. The molecule has 18 heteroatoms. The summed E-state index contributed by atoms with van der Waals surface area (Å²) in [4.78, 5) is 109. The fraction of sp³-hybridized carbons (Fsp3) is 0.714. The zero-order chi connectivity index (χ0) is 51.6. The molecule has 0 fully saturated rings. The number of amides is 7. The normalized spacial score (nSPS) is 14.7. The molecule has 0 spiro atoms. The molecule has 0 unspecified atom stereocenters. The SMILES string of the molecule is CN[C@H](C(=O)N[C@H](C(=O)N(C)[C@H](C(=O)N(C)[C@H](C(=O)N[C@H](C(=O)N(C)[C@H](C(=O)N(C)[C@@H](Cc1ccccc1)C(=O)NCCCCN=C(N)N)C(C)C)C(C)C)C(C)C)C(C)C)C(C)C)C(C)C. The summed E-state index contributed by atoms with van der Waals surface area (Å²) in [7, 11) is 7.81. The molecular formula is C49H87N11O7. The van der Waals surface area contributed by atoms with E-state index in [1.54, 1.807) is 41.8 Å². The van der Waals surface area contributed by atoms with E-state index in [0.29, 0.717) is 25.9 Å². The van der Waals surface area contributed by atoms with E-state index >= 15 is 0 Å². The Balaban J connectivity index is 3.47. The number of hydrogen-bond acceptors (Lipinski definition) is 9. The third-order valence-electron chi connectivity index (χ3n) is 12.3. The van der Waals surface area contributed by atoms with Crippen molar-refractivity contribution in [3.63, 3.8) is 0 Å². The summed E-state index contributed by atoms with van der Waals surface area (Å²) >= 11 is 0. The van der Waals surface area contributed by atoms with Gasteiger partial charge in [-0.3, -0.25) is 38.6 Å². The van der Waals surface area contributed by atoms with E-state index in [4.69, 9.17) is 11.5 Å². The fourth-order valence-electron chi connectivity index (χ4n) is 8.44. The first-order valence-electron chi connectivity index (χ1n) is 23.9. The van der Waals surface area contributed by atoms with Crippen LogP contribution in [0.3, 0.4) is 0 Å². The number of nitrogens with one attached hydrogen (secondary N) is 4. The van der Waals surface area contributed by atoms with E-state index in [1.807, 2.05) is 85.7 Å². The predicted octanol–water partition coefficient (Wildman–Crippen LogP) is 2.20. The number of carbonyl (C=O) groups excluding carboxylic acids is 7. The quantitative estimate of drug-likeness (QED) is 0.0427. The molecule has 1 aromatic rings. The lowest BCUT2D eigenvalue weighted by Crippen LogP contribution is -2.63. The van der Waals surface area contributed by atoms with Crippen LogP contribution in [0.5, 0.6) is 0 Å². The number of likely N-dealkylation sites (N-methyl/N-ethyl adjacent to an activating group) is 5. The van der Waals surface area contributed by atoms with Crippen LogP contribution >= 0.6 is 0 Å². The summed E-state index contributed by atoms with van der Waals surface area (Å²) < 4.78 is 0. The highest BCUT2D eigenvalue weighted by Gasteiger charge is 2.43. The van der Waals surface area contributed by atoms with Gasteiger partial charge in [0.15, 0.2) is 5.96 Å². The first kappa shape index (κ1) is 59.8. The molecule has 0 aliphatic heterocycles. The highest BCUT2D eigenvalue weighted by atomic mass is 16.2. The molecule has 1 aromatic carbocycles. The van der Waals surface area contributed by atoms with Crippen LogP contribution in [-0.4, -0.2) is 158 Å². The maximum atomic E-state index is 14.6. The standard InChI is InChI=1S/C49H87N11O7/c1-28(2)36(52-13)43(62)55-37(29(3)4)45(64)60(17)41(33(11)12)48(67)58(15)39(31(7)8)44(63)56-38(30(5)6)46(65)59(16)40(32(9)10)47(66)57(14)35(27-34-23-19-18-20-24-34)42(61)53-25-21-22-26-54-49(50)51/h18-20,23-24,28-33,35-41,52H,21-22,25-27H2,1-17H3,(H,53,61)(H,55,62)(H,56,63)(H4,50,51,54)/t35-,36-,37-,38-,39-,40-,41-/m0/s1. The molecule has 7 atom stereocenters. The third-order valence-corrected chi connectivity index (χ3v) is 12.3. The average Bonchev–Trinajstić information content (AvgIpc) is 3.23. The minimum absolute atomic E-state index is 0.00315. The van der Waals surface area contributed by atoms with Gasteiger partial charge in [-0.15, -0.1) is 0 Å². The molecule has 18 nitrogen and oxygen atoms in total. The van der Waals surface area contributed by atoms with Crippen LogP contribution in [0.25, 0.3) is 0 Å². The van der Waals surface area contributed by atoms with Gasteiger partial charge in [-0.05, 0) is 61.0 Å². The van der Waals surface area contributed by atoms with Crippen LogP contribution in [0.2, 0.25) is 0 Å². The Kier molecular flexibility index (Phi) is 25.1. The largest absolute Gasteiger partial charge is 0.370 e. The second kappa shape index (κ2) is 28.2. The van der Waals surface area contributed by atoms with Crippen molar-refractivity contribution in [2.75, 3.05) is 48.3 Å². The van der Waals surface area contributed by atoms with Crippen molar-refractivity contribution in [3.8, 4) is 0 Å². The van der Waals surface area contributed by atoms with Gasteiger partial charge in [0.25, 0.3) is 0 Å². The van der Waals surface area contributed by atoms with Gasteiger partial charge in [0.05, 0.1) is 6.04 Å². The van der Waals surface area contributed by atoms with Gasteiger partial charge in [0, 0.05) is 47.7 Å². The topological polar surface area (TPSA) is 245 Å². The van der Waals surface area contributed by atoms with Gasteiger partial charge in [0.2, 0.25) is 41.4 Å². The number of carbonyl (C=O) groups is 7. The molecule has 1 rings (SSSR count). The second-order valence-corrected chi connectivity index (χ2v) is 19.8. The van der Waals surface area contributed by atoms with Gasteiger partial charge in [-0.2, -0.15) is 0 Å². The summed E-state index contributed by atoms with van der Waals surface area (Å²) in [6, 6.07) is 2.83. The summed E-state index contributed by atoms with van der Waals surface area (Å²) in [5.41, 5.74) is 11.7. The Hall–Kier alpha value is -5.26. The van der Waals surface area contributed by atoms with E-state index in [2.05, 4.69) is 26.3 Å². The van der Waals surface area contributed by atoms with Crippen molar-refractivity contribution < 1.29 is 33.6 Å². The van der Waals surface area contributed by atoms with Crippen molar-refractivity contribution in [1.82, 2.24) is 40.9 Å².